The second kappa shape index (κ2) is 5.94. The molecular formula is C17H21N7O. The standard InChI is InChI=1S/C17H21N7O/c1-10-8-11(2)24-17(18-10)19-15(22-24)16(25)23(3)9-14-12-6-4-5-7-13(12)20-21-14/h8H,4-7,9H2,1-3H3,(H,20,21). The van der Waals surface area contributed by atoms with Crippen molar-refractivity contribution in [2.75, 3.05) is 7.05 Å². The van der Waals surface area contributed by atoms with Crippen molar-refractivity contribution < 1.29 is 4.79 Å². The molecule has 0 saturated carbocycles. The third-order valence-electron chi connectivity index (χ3n) is 4.69. The highest BCUT2D eigenvalue weighted by Gasteiger charge is 2.23. The van der Waals surface area contributed by atoms with Crippen LogP contribution in [0.15, 0.2) is 6.07 Å². The van der Waals surface area contributed by atoms with Crippen LogP contribution in [0.25, 0.3) is 5.78 Å². The van der Waals surface area contributed by atoms with E-state index in [1.807, 2.05) is 19.9 Å². The van der Waals surface area contributed by atoms with E-state index in [0.717, 1.165) is 29.9 Å². The second-order valence-electron chi connectivity index (χ2n) is 6.68. The molecule has 8 nitrogen and oxygen atoms in total. The van der Waals surface area contributed by atoms with E-state index in [0.29, 0.717) is 12.3 Å². The lowest BCUT2D eigenvalue weighted by Gasteiger charge is -2.16. The maximum Gasteiger partial charge on any atom is 0.293 e. The van der Waals surface area contributed by atoms with Crippen molar-refractivity contribution in [2.45, 2.75) is 46.1 Å². The molecule has 0 aliphatic heterocycles. The number of hydrogen-bond donors (Lipinski definition) is 1. The minimum Gasteiger partial charge on any atom is -0.333 e. The van der Waals surface area contributed by atoms with E-state index in [-0.39, 0.29) is 11.7 Å². The van der Waals surface area contributed by atoms with Crippen LogP contribution in [-0.2, 0) is 19.4 Å². The summed E-state index contributed by atoms with van der Waals surface area (Å²) in [5.41, 5.74) is 5.18. The van der Waals surface area contributed by atoms with Gasteiger partial charge in [-0.1, -0.05) is 0 Å². The predicted octanol–water partition coefficient (Wildman–Crippen LogP) is 1.62. The fourth-order valence-corrected chi connectivity index (χ4v) is 3.40. The molecule has 3 aromatic heterocycles. The molecule has 8 heteroatoms. The molecule has 0 atom stereocenters. The maximum atomic E-state index is 12.7. The van der Waals surface area contributed by atoms with Crippen molar-refractivity contribution >= 4 is 11.7 Å². The fraction of sp³-hybridized carbons (Fsp3) is 0.471. The van der Waals surface area contributed by atoms with Gasteiger partial charge in [0.1, 0.15) is 0 Å². The van der Waals surface area contributed by atoms with E-state index in [1.54, 1.807) is 16.5 Å². The molecule has 0 radical (unpaired) electrons. The van der Waals surface area contributed by atoms with Gasteiger partial charge in [0.05, 0.1) is 12.2 Å². The lowest BCUT2D eigenvalue weighted by atomic mass is 9.96. The molecule has 3 heterocycles. The summed E-state index contributed by atoms with van der Waals surface area (Å²) in [5, 5.41) is 11.8. The average molecular weight is 339 g/mol. The molecule has 1 aliphatic rings. The normalized spacial score (nSPS) is 13.9. The Kier molecular flexibility index (Phi) is 3.74. The Hall–Kier alpha value is -2.77. The van der Waals surface area contributed by atoms with E-state index in [2.05, 4.69) is 25.3 Å². The smallest absolute Gasteiger partial charge is 0.293 e. The van der Waals surface area contributed by atoms with Crippen LogP contribution in [-0.4, -0.2) is 47.6 Å². The van der Waals surface area contributed by atoms with Gasteiger partial charge < -0.3 is 4.90 Å². The van der Waals surface area contributed by atoms with Gasteiger partial charge in [0.2, 0.25) is 5.82 Å². The molecule has 0 bridgehead atoms. The molecule has 1 N–H and O–H groups in total. The Labute approximate surface area is 145 Å². The molecule has 1 aliphatic carbocycles. The summed E-state index contributed by atoms with van der Waals surface area (Å²) in [5.74, 6) is 0.384. The zero-order valence-corrected chi connectivity index (χ0v) is 14.7. The molecule has 130 valence electrons. The molecule has 0 saturated heterocycles. The molecule has 3 aromatic rings. The lowest BCUT2D eigenvalue weighted by molar-refractivity contribution is 0.0771. The van der Waals surface area contributed by atoms with E-state index in [1.165, 1.54) is 24.1 Å². The molecule has 0 unspecified atom stereocenters. The van der Waals surface area contributed by atoms with Crippen molar-refractivity contribution in [3.63, 3.8) is 0 Å². The Morgan fingerprint density at radius 2 is 2.08 bits per heavy atom. The van der Waals surface area contributed by atoms with Gasteiger partial charge >= 0.3 is 0 Å². The highest BCUT2D eigenvalue weighted by Crippen LogP contribution is 2.23. The monoisotopic (exact) mass is 339 g/mol. The Morgan fingerprint density at radius 3 is 2.92 bits per heavy atom. The zero-order valence-electron chi connectivity index (χ0n) is 14.7. The van der Waals surface area contributed by atoms with Gasteiger partial charge in [-0.15, -0.1) is 5.10 Å². The molecule has 25 heavy (non-hydrogen) atoms. The van der Waals surface area contributed by atoms with Crippen LogP contribution in [0.2, 0.25) is 0 Å². The first-order chi connectivity index (χ1) is 12.0. The summed E-state index contributed by atoms with van der Waals surface area (Å²) in [7, 11) is 1.75. The van der Waals surface area contributed by atoms with Crippen molar-refractivity contribution in [3.05, 3.63) is 40.2 Å². The van der Waals surface area contributed by atoms with E-state index in [4.69, 9.17) is 0 Å². The van der Waals surface area contributed by atoms with Gasteiger partial charge in [-0.2, -0.15) is 10.1 Å². The Morgan fingerprint density at radius 1 is 1.28 bits per heavy atom. The largest absolute Gasteiger partial charge is 0.333 e. The predicted molar refractivity (Wildman–Crippen MR) is 91.3 cm³/mol. The molecule has 1 amide bonds. The van der Waals surface area contributed by atoms with Crippen molar-refractivity contribution in [2.24, 2.45) is 0 Å². The first-order valence-corrected chi connectivity index (χ1v) is 8.54. The third kappa shape index (κ3) is 2.77. The zero-order chi connectivity index (χ0) is 17.6. The van der Waals surface area contributed by atoms with Crippen LogP contribution in [0.4, 0.5) is 0 Å². The van der Waals surface area contributed by atoms with Crippen LogP contribution in [0.1, 0.15) is 51.8 Å². The number of aromatic nitrogens is 6. The van der Waals surface area contributed by atoms with Gasteiger partial charge in [0.15, 0.2) is 0 Å². The summed E-state index contributed by atoms with van der Waals surface area (Å²) in [6.45, 7) is 4.27. The fourth-order valence-electron chi connectivity index (χ4n) is 3.40. The van der Waals surface area contributed by atoms with E-state index < -0.39 is 0 Å². The van der Waals surface area contributed by atoms with Gasteiger partial charge in [0.25, 0.3) is 11.7 Å². The molecule has 0 aromatic carbocycles. The quantitative estimate of drug-likeness (QED) is 0.783. The highest BCUT2D eigenvalue weighted by molar-refractivity contribution is 5.90. The number of H-pyrrole nitrogens is 1. The minimum absolute atomic E-state index is 0.160. The van der Waals surface area contributed by atoms with E-state index >= 15 is 0 Å². The van der Waals surface area contributed by atoms with Gasteiger partial charge in [-0.3, -0.25) is 9.89 Å². The molecule has 0 spiro atoms. The number of nitrogens with zero attached hydrogens (tertiary/aromatic N) is 6. The highest BCUT2D eigenvalue weighted by atomic mass is 16.2. The number of nitrogens with one attached hydrogen (secondary N) is 1. The number of aryl methyl sites for hydroxylation is 3. The number of hydrogen-bond acceptors (Lipinski definition) is 5. The second-order valence-corrected chi connectivity index (χ2v) is 6.68. The lowest BCUT2D eigenvalue weighted by Crippen LogP contribution is -2.28. The van der Waals surface area contributed by atoms with Crippen LogP contribution >= 0.6 is 0 Å². The number of amides is 1. The molecule has 4 rings (SSSR count). The third-order valence-corrected chi connectivity index (χ3v) is 4.69. The summed E-state index contributed by atoms with van der Waals surface area (Å²) < 4.78 is 1.60. The summed E-state index contributed by atoms with van der Waals surface area (Å²) >= 11 is 0. The maximum absolute atomic E-state index is 12.7. The average Bonchev–Trinajstić information content (AvgIpc) is 3.19. The van der Waals surface area contributed by atoms with E-state index in [9.17, 15) is 4.79 Å². The first-order valence-electron chi connectivity index (χ1n) is 8.54. The topological polar surface area (TPSA) is 92.1 Å². The van der Waals surface area contributed by atoms with Gasteiger partial charge in [0, 0.05) is 24.1 Å². The molecular weight excluding hydrogens is 318 g/mol. The first kappa shape index (κ1) is 15.7. The van der Waals surface area contributed by atoms with Gasteiger partial charge in [-0.25, -0.2) is 9.50 Å². The number of fused-ring (bicyclic) bond motifs is 2. The van der Waals surface area contributed by atoms with Crippen LogP contribution in [0, 0.1) is 13.8 Å². The Balaban J connectivity index is 1.58. The number of carbonyl (C=O) groups is 1. The number of carbonyl (C=O) groups excluding carboxylic acids is 1. The summed E-state index contributed by atoms with van der Waals surface area (Å²) in [6.07, 6.45) is 4.44. The molecule has 0 fully saturated rings. The summed E-state index contributed by atoms with van der Waals surface area (Å²) in [4.78, 5) is 23.0. The van der Waals surface area contributed by atoms with Crippen molar-refractivity contribution in [3.8, 4) is 0 Å². The number of aromatic amines is 1. The Bertz CT molecular complexity index is 955. The number of rotatable bonds is 3. The SMILES string of the molecule is Cc1cc(C)n2nc(C(=O)N(C)Cc3n[nH]c4c3CCCC4)nc2n1. The minimum atomic E-state index is -0.227. The van der Waals surface area contributed by atoms with Gasteiger partial charge in [-0.05, 0) is 51.2 Å². The van der Waals surface area contributed by atoms with Crippen molar-refractivity contribution in [1.29, 1.82) is 0 Å². The van der Waals surface area contributed by atoms with Crippen LogP contribution in [0.5, 0.6) is 0 Å². The van der Waals surface area contributed by atoms with Crippen LogP contribution < -0.4 is 0 Å². The summed E-state index contributed by atoms with van der Waals surface area (Å²) in [6, 6.07) is 1.91. The van der Waals surface area contributed by atoms with Crippen LogP contribution in [0.3, 0.4) is 0 Å². The van der Waals surface area contributed by atoms with Crippen molar-refractivity contribution in [1.82, 2.24) is 34.7 Å².